The molecule has 5 heteroatoms. The first kappa shape index (κ1) is 20.3. The molecule has 0 spiro atoms. The SMILES string of the molecule is Cc1c(/C=N\NC(=O)[C@@H]2[C@@H]3CCCC[C@@]23C)c2ccccc2n1Cc1ccccc1Cl. The lowest BCUT2D eigenvalue weighted by molar-refractivity contribution is -0.123. The van der Waals surface area contributed by atoms with Gasteiger partial charge in [-0.1, -0.05) is 67.8 Å². The maximum absolute atomic E-state index is 12.8. The summed E-state index contributed by atoms with van der Waals surface area (Å²) in [7, 11) is 0. The van der Waals surface area contributed by atoms with Crippen LogP contribution in [-0.2, 0) is 11.3 Å². The summed E-state index contributed by atoms with van der Waals surface area (Å²) in [6, 6.07) is 16.2. The molecule has 1 heterocycles. The number of halogens is 1. The van der Waals surface area contributed by atoms with E-state index in [0.717, 1.165) is 39.2 Å². The van der Waals surface area contributed by atoms with Crippen molar-refractivity contribution in [3.8, 4) is 0 Å². The smallest absolute Gasteiger partial charge is 0.244 e. The van der Waals surface area contributed by atoms with Crippen molar-refractivity contribution in [1.82, 2.24) is 9.99 Å². The normalized spacial score (nSPS) is 25.0. The lowest BCUT2D eigenvalue weighted by atomic mass is 9.90. The molecular formula is C26H28ClN3O. The molecule has 1 aromatic heterocycles. The number of amides is 1. The Hall–Kier alpha value is -2.59. The number of nitrogens with one attached hydrogen (secondary N) is 1. The molecule has 3 atom stereocenters. The lowest BCUT2D eigenvalue weighted by Gasteiger charge is -2.15. The molecule has 160 valence electrons. The van der Waals surface area contributed by atoms with Gasteiger partial charge in [0.1, 0.15) is 0 Å². The molecule has 2 aliphatic carbocycles. The quantitative estimate of drug-likeness (QED) is 0.393. The minimum Gasteiger partial charge on any atom is -0.340 e. The van der Waals surface area contributed by atoms with E-state index in [4.69, 9.17) is 11.6 Å². The molecule has 2 saturated carbocycles. The fraction of sp³-hybridized carbons (Fsp3) is 0.385. The maximum atomic E-state index is 12.8. The van der Waals surface area contributed by atoms with E-state index in [-0.39, 0.29) is 17.2 Å². The highest BCUT2D eigenvalue weighted by atomic mass is 35.5. The van der Waals surface area contributed by atoms with Gasteiger partial charge in [0.25, 0.3) is 0 Å². The largest absolute Gasteiger partial charge is 0.340 e. The predicted molar refractivity (Wildman–Crippen MR) is 127 cm³/mol. The average Bonchev–Trinajstić information content (AvgIpc) is 3.33. The Bertz CT molecular complexity index is 1180. The summed E-state index contributed by atoms with van der Waals surface area (Å²) in [5.41, 5.74) is 7.37. The van der Waals surface area contributed by atoms with E-state index < -0.39 is 0 Å². The maximum Gasteiger partial charge on any atom is 0.244 e. The van der Waals surface area contributed by atoms with Crippen molar-refractivity contribution in [2.24, 2.45) is 22.4 Å². The second kappa shape index (κ2) is 7.83. The van der Waals surface area contributed by atoms with E-state index in [9.17, 15) is 4.79 Å². The number of carbonyl (C=O) groups is 1. The standard InChI is InChI=1S/C26H28ClN3O/c1-17-20(15-28-29-25(31)24-21-11-7-8-14-26(21,24)2)19-10-4-6-13-23(19)30(17)16-18-9-3-5-12-22(18)27/h3-6,9-10,12-13,15,21,24H,7-8,11,14,16H2,1-2H3,(H,29,31)/b28-15-/t21-,24-,26+/m0/s1. The molecule has 2 fully saturated rings. The van der Waals surface area contributed by atoms with Crippen LogP contribution in [0.4, 0.5) is 0 Å². The zero-order valence-corrected chi connectivity index (χ0v) is 18.8. The van der Waals surface area contributed by atoms with Crippen molar-refractivity contribution in [3.63, 3.8) is 0 Å². The third kappa shape index (κ3) is 3.47. The van der Waals surface area contributed by atoms with Crippen molar-refractivity contribution >= 4 is 34.6 Å². The second-order valence-electron chi connectivity index (χ2n) is 9.26. The van der Waals surface area contributed by atoms with Gasteiger partial charge in [0.15, 0.2) is 0 Å². The van der Waals surface area contributed by atoms with Gasteiger partial charge < -0.3 is 4.57 Å². The molecule has 0 aliphatic heterocycles. The minimum absolute atomic E-state index is 0.0723. The number of para-hydroxylation sites is 1. The summed E-state index contributed by atoms with van der Waals surface area (Å²) in [5.74, 6) is 0.730. The van der Waals surface area contributed by atoms with Crippen molar-refractivity contribution in [3.05, 3.63) is 70.4 Å². The molecule has 2 aliphatic rings. The Morgan fingerprint density at radius 1 is 1.23 bits per heavy atom. The minimum atomic E-state index is 0.0723. The van der Waals surface area contributed by atoms with Gasteiger partial charge in [-0.05, 0) is 48.8 Å². The summed E-state index contributed by atoms with van der Waals surface area (Å²) in [6.07, 6.45) is 6.62. The average molecular weight is 434 g/mol. The van der Waals surface area contributed by atoms with Crippen LogP contribution in [0.2, 0.25) is 5.02 Å². The van der Waals surface area contributed by atoms with E-state index in [0.29, 0.717) is 12.5 Å². The molecule has 0 bridgehead atoms. The number of carbonyl (C=O) groups excluding carboxylic acids is 1. The number of hydrogen-bond donors (Lipinski definition) is 1. The zero-order chi connectivity index (χ0) is 21.6. The third-order valence-electron chi connectivity index (χ3n) is 7.55. The fourth-order valence-corrected chi connectivity index (χ4v) is 5.90. The van der Waals surface area contributed by atoms with Crippen LogP contribution in [0.3, 0.4) is 0 Å². The van der Waals surface area contributed by atoms with Gasteiger partial charge in [0.2, 0.25) is 5.91 Å². The van der Waals surface area contributed by atoms with Crippen LogP contribution in [0.5, 0.6) is 0 Å². The molecule has 4 nitrogen and oxygen atoms in total. The van der Waals surface area contributed by atoms with Crippen LogP contribution in [0.1, 0.15) is 49.4 Å². The Balaban J connectivity index is 1.39. The molecule has 0 saturated heterocycles. The van der Waals surface area contributed by atoms with Gasteiger partial charge >= 0.3 is 0 Å². The highest BCUT2D eigenvalue weighted by molar-refractivity contribution is 6.31. The Labute approximate surface area is 188 Å². The Morgan fingerprint density at radius 2 is 2.00 bits per heavy atom. The monoisotopic (exact) mass is 433 g/mol. The molecule has 0 radical (unpaired) electrons. The zero-order valence-electron chi connectivity index (χ0n) is 18.1. The van der Waals surface area contributed by atoms with E-state index in [1.54, 1.807) is 6.21 Å². The van der Waals surface area contributed by atoms with Crippen molar-refractivity contribution in [2.45, 2.75) is 46.1 Å². The van der Waals surface area contributed by atoms with Crippen LogP contribution < -0.4 is 5.43 Å². The number of nitrogens with zero attached hydrogens (tertiary/aromatic N) is 2. The number of rotatable bonds is 5. The van der Waals surface area contributed by atoms with Gasteiger partial charge in [-0.15, -0.1) is 0 Å². The number of fused-ring (bicyclic) bond motifs is 2. The summed E-state index contributed by atoms with van der Waals surface area (Å²) >= 11 is 6.41. The topological polar surface area (TPSA) is 46.4 Å². The molecule has 2 aromatic carbocycles. The van der Waals surface area contributed by atoms with E-state index in [1.807, 2.05) is 30.3 Å². The second-order valence-corrected chi connectivity index (χ2v) is 9.67. The Kier molecular flexibility index (Phi) is 5.13. The number of hydrazone groups is 1. The van der Waals surface area contributed by atoms with Gasteiger partial charge in [0, 0.05) is 39.6 Å². The number of benzene rings is 2. The third-order valence-corrected chi connectivity index (χ3v) is 7.92. The van der Waals surface area contributed by atoms with E-state index in [2.05, 4.69) is 47.1 Å². The molecule has 1 amide bonds. The number of hydrogen-bond acceptors (Lipinski definition) is 2. The summed E-state index contributed by atoms with van der Waals surface area (Å²) < 4.78 is 2.26. The van der Waals surface area contributed by atoms with Gasteiger partial charge in [-0.25, -0.2) is 5.43 Å². The van der Waals surface area contributed by atoms with E-state index in [1.165, 1.54) is 19.3 Å². The summed E-state index contributed by atoms with van der Waals surface area (Å²) in [6.45, 7) is 5.04. The van der Waals surface area contributed by atoms with Crippen molar-refractivity contribution in [2.75, 3.05) is 0 Å². The predicted octanol–water partition coefficient (Wildman–Crippen LogP) is 5.93. The molecule has 3 aromatic rings. The fourth-order valence-electron chi connectivity index (χ4n) is 5.70. The van der Waals surface area contributed by atoms with Crippen LogP contribution in [0.15, 0.2) is 53.6 Å². The molecule has 1 N–H and O–H groups in total. The molecule has 5 rings (SSSR count). The first-order valence-corrected chi connectivity index (χ1v) is 11.5. The summed E-state index contributed by atoms with van der Waals surface area (Å²) in [4.78, 5) is 12.8. The first-order valence-electron chi connectivity index (χ1n) is 11.1. The highest BCUT2D eigenvalue weighted by Crippen LogP contribution is 2.66. The van der Waals surface area contributed by atoms with Crippen LogP contribution in [0.25, 0.3) is 10.9 Å². The Morgan fingerprint density at radius 3 is 2.77 bits per heavy atom. The van der Waals surface area contributed by atoms with Crippen LogP contribution >= 0.6 is 11.6 Å². The summed E-state index contributed by atoms with van der Waals surface area (Å²) in [5, 5.41) is 6.26. The lowest BCUT2D eigenvalue weighted by Crippen LogP contribution is -2.22. The highest BCUT2D eigenvalue weighted by Gasteiger charge is 2.64. The molecular weight excluding hydrogens is 406 g/mol. The van der Waals surface area contributed by atoms with Gasteiger partial charge in [-0.3, -0.25) is 4.79 Å². The number of aromatic nitrogens is 1. The van der Waals surface area contributed by atoms with Gasteiger partial charge in [0.05, 0.1) is 6.21 Å². The van der Waals surface area contributed by atoms with Crippen molar-refractivity contribution < 1.29 is 4.79 Å². The van der Waals surface area contributed by atoms with Crippen molar-refractivity contribution in [1.29, 1.82) is 0 Å². The van der Waals surface area contributed by atoms with Crippen LogP contribution in [0, 0.1) is 24.2 Å². The molecule has 0 unspecified atom stereocenters. The first-order chi connectivity index (χ1) is 15.0. The van der Waals surface area contributed by atoms with Gasteiger partial charge in [-0.2, -0.15) is 5.10 Å². The molecule has 31 heavy (non-hydrogen) atoms. The van der Waals surface area contributed by atoms with Crippen LogP contribution in [-0.4, -0.2) is 16.7 Å². The van der Waals surface area contributed by atoms with E-state index >= 15 is 0 Å².